The Morgan fingerprint density at radius 2 is 1.91 bits per heavy atom. The summed E-state index contributed by atoms with van der Waals surface area (Å²) in [5.74, 6) is 3.36. The third-order valence-corrected chi connectivity index (χ3v) is 4.83. The van der Waals surface area contributed by atoms with Gasteiger partial charge in [-0.25, -0.2) is 0 Å². The molecule has 0 unspecified atom stereocenters. The molecule has 0 saturated heterocycles. The van der Waals surface area contributed by atoms with Gasteiger partial charge in [0.05, 0.1) is 0 Å². The average Bonchev–Trinajstić information content (AvgIpc) is 2.04. The van der Waals surface area contributed by atoms with E-state index in [4.69, 9.17) is 0 Å². The van der Waals surface area contributed by atoms with Crippen molar-refractivity contribution in [1.82, 2.24) is 0 Å². The van der Waals surface area contributed by atoms with Crippen LogP contribution in [-0.4, -0.2) is 11.5 Å². The molecule has 0 fully saturated rings. The minimum Gasteiger partial charge on any atom is -0.129 e. The zero-order chi connectivity index (χ0) is 8.27. The summed E-state index contributed by atoms with van der Waals surface area (Å²) in [7, 11) is 0. The van der Waals surface area contributed by atoms with Crippen molar-refractivity contribution in [2.75, 3.05) is 11.5 Å². The van der Waals surface area contributed by atoms with E-state index in [1.54, 1.807) is 9.81 Å². The van der Waals surface area contributed by atoms with Crippen molar-refractivity contribution in [3.8, 4) is 0 Å². The molecule has 1 aliphatic heterocycles. The second-order valence-electron chi connectivity index (χ2n) is 2.99. The molecule has 0 atom stereocenters. The Kier molecular flexibility index (Phi) is 3.86. The van der Waals surface area contributed by atoms with E-state index in [0.717, 1.165) is 5.92 Å². The van der Waals surface area contributed by atoms with Crippen LogP contribution < -0.4 is 0 Å². The largest absolute Gasteiger partial charge is 0.129 e. The fourth-order valence-corrected chi connectivity index (χ4v) is 3.94. The van der Waals surface area contributed by atoms with E-state index in [-0.39, 0.29) is 0 Å². The predicted molar refractivity (Wildman–Crippen MR) is 57.1 cm³/mol. The lowest BCUT2D eigenvalue weighted by atomic mass is 10.2. The average molecular weight is 188 g/mol. The minimum absolute atomic E-state index is 0.739. The molecule has 0 aromatic rings. The van der Waals surface area contributed by atoms with Crippen molar-refractivity contribution in [3.05, 3.63) is 9.81 Å². The number of hydrogen-bond donors (Lipinski definition) is 0. The predicted octanol–water partition coefficient (Wildman–Crippen LogP) is 3.74. The van der Waals surface area contributed by atoms with E-state index in [0.29, 0.717) is 0 Å². The van der Waals surface area contributed by atoms with Gasteiger partial charge in [0.25, 0.3) is 0 Å². The molecular weight excluding hydrogens is 172 g/mol. The molecule has 1 heterocycles. The van der Waals surface area contributed by atoms with Gasteiger partial charge in [-0.1, -0.05) is 20.8 Å². The summed E-state index contributed by atoms with van der Waals surface area (Å²) < 4.78 is 0. The van der Waals surface area contributed by atoms with Crippen LogP contribution in [0.25, 0.3) is 0 Å². The Balaban J connectivity index is 2.73. The number of hydrogen-bond acceptors (Lipinski definition) is 2. The topological polar surface area (TPSA) is 0 Å². The molecule has 11 heavy (non-hydrogen) atoms. The smallest absolute Gasteiger partial charge is 0.00716 e. The van der Waals surface area contributed by atoms with Crippen molar-refractivity contribution in [2.45, 2.75) is 27.2 Å². The zero-order valence-electron chi connectivity index (χ0n) is 7.52. The summed E-state index contributed by atoms with van der Waals surface area (Å²) >= 11 is 4.12. The van der Waals surface area contributed by atoms with Gasteiger partial charge >= 0.3 is 0 Å². The van der Waals surface area contributed by atoms with Gasteiger partial charge < -0.3 is 0 Å². The van der Waals surface area contributed by atoms with Crippen molar-refractivity contribution < 1.29 is 0 Å². The second kappa shape index (κ2) is 4.46. The van der Waals surface area contributed by atoms with E-state index < -0.39 is 0 Å². The van der Waals surface area contributed by atoms with E-state index in [9.17, 15) is 0 Å². The molecule has 1 aliphatic rings. The molecule has 64 valence electrons. The SMILES string of the molecule is CCC1=C(C(C)C)SCCS1. The molecule has 2 heteroatoms. The van der Waals surface area contributed by atoms with Crippen LogP contribution in [0, 0.1) is 5.92 Å². The molecule has 0 amide bonds. The molecule has 0 aromatic carbocycles. The van der Waals surface area contributed by atoms with Crippen LogP contribution in [0.2, 0.25) is 0 Å². The number of rotatable bonds is 2. The van der Waals surface area contributed by atoms with Gasteiger partial charge in [0, 0.05) is 11.5 Å². The Hall–Kier alpha value is 0.440. The van der Waals surface area contributed by atoms with Gasteiger partial charge in [0.1, 0.15) is 0 Å². The van der Waals surface area contributed by atoms with Crippen LogP contribution in [0.15, 0.2) is 9.81 Å². The molecule has 0 aliphatic carbocycles. The molecule has 0 nitrogen and oxygen atoms in total. The van der Waals surface area contributed by atoms with E-state index in [1.807, 2.05) is 0 Å². The molecule has 1 rings (SSSR count). The molecule has 0 bridgehead atoms. The standard InChI is InChI=1S/C9H16S2/c1-4-8-9(7(2)3)11-6-5-10-8/h7H,4-6H2,1-3H3. The third-order valence-electron chi connectivity index (χ3n) is 1.74. The van der Waals surface area contributed by atoms with Crippen LogP contribution in [0.5, 0.6) is 0 Å². The van der Waals surface area contributed by atoms with Gasteiger partial charge in [-0.2, -0.15) is 0 Å². The summed E-state index contributed by atoms with van der Waals surface area (Å²) in [4.78, 5) is 3.28. The summed E-state index contributed by atoms with van der Waals surface area (Å²) in [6, 6.07) is 0. The molecular formula is C9H16S2. The summed E-state index contributed by atoms with van der Waals surface area (Å²) in [5, 5.41) is 0. The second-order valence-corrected chi connectivity index (χ2v) is 5.32. The molecule has 0 spiro atoms. The highest BCUT2D eigenvalue weighted by molar-refractivity contribution is 8.10. The zero-order valence-corrected chi connectivity index (χ0v) is 9.15. The fraction of sp³-hybridized carbons (Fsp3) is 0.778. The highest BCUT2D eigenvalue weighted by Gasteiger charge is 2.14. The number of allylic oxidation sites excluding steroid dienone is 2. The van der Waals surface area contributed by atoms with Crippen molar-refractivity contribution >= 4 is 23.5 Å². The Morgan fingerprint density at radius 3 is 2.36 bits per heavy atom. The minimum atomic E-state index is 0.739. The van der Waals surface area contributed by atoms with Crippen LogP contribution in [0.1, 0.15) is 27.2 Å². The Bertz CT molecular complexity index is 159. The van der Waals surface area contributed by atoms with Crippen molar-refractivity contribution in [2.24, 2.45) is 5.92 Å². The maximum atomic E-state index is 2.30. The van der Waals surface area contributed by atoms with E-state index in [1.165, 1.54) is 17.9 Å². The lowest BCUT2D eigenvalue weighted by Crippen LogP contribution is -2.02. The first-order chi connectivity index (χ1) is 5.25. The lowest BCUT2D eigenvalue weighted by molar-refractivity contribution is 0.807. The van der Waals surface area contributed by atoms with Crippen LogP contribution in [0.4, 0.5) is 0 Å². The van der Waals surface area contributed by atoms with Crippen molar-refractivity contribution in [1.29, 1.82) is 0 Å². The Labute approximate surface area is 78.2 Å². The van der Waals surface area contributed by atoms with Crippen LogP contribution in [0.3, 0.4) is 0 Å². The molecule has 0 radical (unpaired) electrons. The summed E-state index contributed by atoms with van der Waals surface area (Å²) in [5.41, 5.74) is 0. The highest BCUT2D eigenvalue weighted by atomic mass is 32.2. The fourth-order valence-electron chi connectivity index (χ4n) is 1.23. The quantitative estimate of drug-likeness (QED) is 0.647. The summed E-state index contributed by atoms with van der Waals surface area (Å²) in [6.45, 7) is 6.85. The number of thioether (sulfide) groups is 2. The maximum Gasteiger partial charge on any atom is 0.00716 e. The van der Waals surface area contributed by atoms with Crippen molar-refractivity contribution in [3.63, 3.8) is 0 Å². The van der Waals surface area contributed by atoms with Crippen LogP contribution in [-0.2, 0) is 0 Å². The Morgan fingerprint density at radius 1 is 1.27 bits per heavy atom. The van der Waals surface area contributed by atoms with E-state index in [2.05, 4.69) is 44.3 Å². The van der Waals surface area contributed by atoms with Gasteiger partial charge in [0.15, 0.2) is 0 Å². The van der Waals surface area contributed by atoms with Gasteiger partial charge in [-0.3, -0.25) is 0 Å². The van der Waals surface area contributed by atoms with Gasteiger partial charge in [-0.15, -0.1) is 23.5 Å². The molecule has 0 aromatic heterocycles. The monoisotopic (exact) mass is 188 g/mol. The maximum absolute atomic E-state index is 2.30. The third kappa shape index (κ3) is 2.45. The first-order valence-corrected chi connectivity index (χ1v) is 6.21. The van der Waals surface area contributed by atoms with E-state index >= 15 is 0 Å². The first-order valence-electron chi connectivity index (χ1n) is 4.24. The summed E-state index contributed by atoms with van der Waals surface area (Å²) in [6.07, 6.45) is 1.23. The van der Waals surface area contributed by atoms with Gasteiger partial charge in [0.2, 0.25) is 0 Å². The molecule has 0 N–H and O–H groups in total. The normalized spacial score (nSPS) is 19.6. The van der Waals surface area contributed by atoms with Gasteiger partial charge in [-0.05, 0) is 22.1 Å². The highest BCUT2D eigenvalue weighted by Crippen LogP contribution is 2.39. The van der Waals surface area contributed by atoms with Crippen LogP contribution >= 0.6 is 23.5 Å². The lowest BCUT2D eigenvalue weighted by Gasteiger charge is -2.20. The first kappa shape index (κ1) is 9.53. The molecule has 0 saturated carbocycles.